The maximum absolute atomic E-state index is 12.7. The zero-order valence-electron chi connectivity index (χ0n) is 12.9. The molecule has 1 N–H and O–H groups in total. The number of hydrogen-bond acceptors (Lipinski definition) is 3. The molecule has 1 aromatic heterocycles. The van der Waals surface area contributed by atoms with Crippen molar-refractivity contribution < 1.29 is 22.7 Å². The van der Waals surface area contributed by atoms with E-state index in [9.17, 15) is 18.0 Å². The van der Waals surface area contributed by atoms with Crippen LogP contribution in [0.5, 0.6) is 0 Å². The van der Waals surface area contributed by atoms with E-state index in [0.29, 0.717) is 31.9 Å². The Morgan fingerprint density at radius 2 is 2.26 bits per heavy atom. The number of hydrogen-bond donors (Lipinski definition) is 1. The monoisotopic (exact) mass is 331 g/mol. The number of imidazole rings is 1. The van der Waals surface area contributed by atoms with Crippen LogP contribution in [0.2, 0.25) is 0 Å². The molecule has 8 heteroatoms. The number of nitrogens with zero attached hydrogens (tertiary/aromatic N) is 2. The van der Waals surface area contributed by atoms with Gasteiger partial charge in [-0.3, -0.25) is 4.79 Å². The van der Waals surface area contributed by atoms with Gasteiger partial charge in [-0.25, -0.2) is 4.98 Å². The molecule has 0 radical (unpaired) electrons. The number of aryl methyl sites for hydroxylation is 1. The third-order valence-electron chi connectivity index (χ3n) is 4.59. The van der Waals surface area contributed by atoms with E-state index in [0.717, 1.165) is 19.0 Å². The van der Waals surface area contributed by atoms with Crippen molar-refractivity contribution >= 4 is 5.91 Å². The molecule has 3 atom stereocenters. The van der Waals surface area contributed by atoms with Crippen LogP contribution in [0.1, 0.15) is 31.3 Å². The van der Waals surface area contributed by atoms with Crippen molar-refractivity contribution in [3.63, 3.8) is 0 Å². The van der Waals surface area contributed by atoms with Crippen LogP contribution in [0.15, 0.2) is 6.20 Å². The SMILES string of the molecule is C[C@@H]1CCO[C@@H]1C(=O)NC[C@@H]1CCc2nc(C(F)(F)F)cn2C1. The highest BCUT2D eigenvalue weighted by Gasteiger charge is 2.36. The third-order valence-corrected chi connectivity index (χ3v) is 4.59. The van der Waals surface area contributed by atoms with Crippen molar-refractivity contribution in [2.24, 2.45) is 11.8 Å². The first-order valence-corrected chi connectivity index (χ1v) is 7.87. The number of ether oxygens (including phenoxy) is 1. The number of nitrogens with one attached hydrogen (secondary N) is 1. The summed E-state index contributed by atoms with van der Waals surface area (Å²) in [5.41, 5.74) is -0.842. The molecule has 23 heavy (non-hydrogen) atoms. The molecule has 0 bridgehead atoms. The van der Waals surface area contributed by atoms with Gasteiger partial charge in [-0.2, -0.15) is 13.2 Å². The molecule has 2 aliphatic rings. The quantitative estimate of drug-likeness (QED) is 0.922. The molecule has 0 aliphatic carbocycles. The normalized spacial score (nSPS) is 27.7. The molecule has 128 valence electrons. The Morgan fingerprint density at radius 3 is 2.91 bits per heavy atom. The smallest absolute Gasteiger partial charge is 0.368 e. The standard InChI is InChI=1S/C15H20F3N3O2/c1-9-4-5-23-13(9)14(22)19-6-10-2-3-12-20-11(15(16,17)18)8-21(12)7-10/h8-10,13H,2-7H2,1H3,(H,19,22)/t9-,10+,13+/m1/s1. The van der Waals surface area contributed by atoms with Gasteiger partial charge in [0.2, 0.25) is 5.91 Å². The first-order chi connectivity index (χ1) is 10.8. The first kappa shape index (κ1) is 16.3. The van der Waals surface area contributed by atoms with E-state index in [1.807, 2.05) is 6.92 Å². The molecule has 1 aromatic rings. The fraction of sp³-hybridized carbons (Fsp3) is 0.733. The van der Waals surface area contributed by atoms with Gasteiger partial charge >= 0.3 is 6.18 Å². The second-order valence-corrected chi connectivity index (χ2v) is 6.40. The van der Waals surface area contributed by atoms with Crippen molar-refractivity contribution in [3.05, 3.63) is 17.7 Å². The van der Waals surface area contributed by atoms with Crippen LogP contribution in [-0.2, 0) is 28.7 Å². The molecule has 3 heterocycles. The second-order valence-electron chi connectivity index (χ2n) is 6.40. The lowest BCUT2D eigenvalue weighted by atomic mass is 9.98. The Morgan fingerprint density at radius 1 is 1.48 bits per heavy atom. The molecule has 0 spiro atoms. The molecule has 5 nitrogen and oxygen atoms in total. The van der Waals surface area contributed by atoms with Crippen molar-refractivity contribution in [1.29, 1.82) is 0 Å². The Balaban J connectivity index is 1.55. The molecule has 3 rings (SSSR count). The molecule has 1 saturated heterocycles. The summed E-state index contributed by atoms with van der Waals surface area (Å²) in [5.74, 6) is 0.657. The highest BCUT2D eigenvalue weighted by molar-refractivity contribution is 5.81. The minimum Gasteiger partial charge on any atom is -0.368 e. The third kappa shape index (κ3) is 3.52. The zero-order valence-corrected chi connectivity index (χ0v) is 12.9. The van der Waals surface area contributed by atoms with E-state index >= 15 is 0 Å². The summed E-state index contributed by atoms with van der Waals surface area (Å²) >= 11 is 0. The predicted molar refractivity (Wildman–Crippen MR) is 75.6 cm³/mol. The second kappa shape index (κ2) is 6.14. The average Bonchev–Trinajstić information content (AvgIpc) is 3.09. The fourth-order valence-electron chi connectivity index (χ4n) is 3.19. The molecule has 1 fully saturated rings. The number of aromatic nitrogens is 2. The molecular weight excluding hydrogens is 311 g/mol. The molecule has 0 saturated carbocycles. The van der Waals surface area contributed by atoms with Gasteiger partial charge in [-0.05, 0) is 24.7 Å². The molecule has 0 unspecified atom stereocenters. The highest BCUT2D eigenvalue weighted by Crippen LogP contribution is 2.30. The Labute approximate surface area is 132 Å². The highest BCUT2D eigenvalue weighted by atomic mass is 19.4. The first-order valence-electron chi connectivity index (χ1n) is 7.87. The maximum Gasteiger partial charge on any atom is 0.434 e. The Hall–Kier alpha value is -1.57. The van der Waals surface area contributed by atoms with Crippen LogP contribution in [-0.4, -0.2) is 34.7 Å². The number of rotatable bonds is 3. The van der Waals surface area contributed by atoms with Gasteiger partial charge < -0.3 is 14.6 Å². The van der Waals surface area contributed by atoms with Gasteiger partial charge in [0.1, 0.15) is 11.9 Å². The van der Waals surface area contributed by atoms with E-state index in [2.05, 4.69) is 10.3 Å². The van der Waals surface area contributed by atoms with Crippen LogP contribution in [0.25, 0.3) is 0 Å². The minimum absolute atomic E-state index is 0.110. The number of amides is 1. The predicted octanol–water partition coefficient (Wildman–Crippen LogP) is 2.01. The van der Waals surface area contributed by atoms with Gasteiger partial charge in [0.15, 0.2) is 5.69 Å². The zero-order chi connectivity index (χ0) is 16.6. The van der Waals surface area contributed by atoms with Gasteiger partial charge in [0.25, 0.3) is 0 Å². The van der Waals surface area contributed by atoms with Crippen molar-refractivity contribution in [2.45, 2.75) is 45.0 Å². The van der Waals surface area contributed by atoms with Gasteiger partial charge in [-0.15, -0.1) is 0 Å². The topological polar surface area (TPSA) is 56.1 Å². The minimum atomic E-state index is -4.41. The molecule has 1 amide bonds. The van der Waals surface area contributed by atoms with Crippen LogP contribution < -0.4 is 5.32 Å². The molecule has 2 aliphatic heterocycles. The maximum atomic E-state index is 12.7. The summed E-state index contributed by atoms with van der Waals surface area (Å²) in [4.78, 5) is 15.7. The van der Waals surface area contributed by atoms with Crippen LogP contribution in [0, 0.1) is 11.8 Å². The lowest BCUT2D eigenvalue weighted by Crippen LogP contribution is -2.41. The lowest BCUT2D eigenvalue weighted by Gasteiger charge is -2.24. The number of fused-ring (bicyclic) bond motifs is 1. The van der Waals surface area contributed by atoms with Gasteiger partial charge in [0, 0.05) is 32.3 Å². The van der Waals surface area contributed by atoms with Crippen molar-refractivity contribution in [2.75, 3.05) is 13.2 Å². The summed E-state index contributed by atoms with van der Waals surface area (Å²) in [5, 5.41) is 2.87. The number of alkyl halides is 3. The van der Waals surface area contributed by atoms with E-state index in [1.54, 1.807) is 4.57 Å². The summed E-state index contributed by atoms with van der Waals surface area (Å²) in [7, 11) is 0. The number of halogens is 3. The van der Waals surface area contributed by atoms with E-state index in [-0.39, 0.29) is 17.7 Å². The van der Waals surface area contributed by atoms with Crippen LogP contribution in [0.3, 0.4) is 0 Å². The Kier molecular flexibility index (Phi) is 4.35. The largest absolute Gasteiger partial charge is 0.434 e. The van der Waals surface area contributed by atoms with Crippen molar-refractivity contribution in [3.8, 4) is 0 Å². The molecule has 0 aromatic carbocycles. The van der Waals surface area contributed by atoms with Crippen molar-refractivity contribution in [1.82, 2.24) is 14.9 Å². The van der Waals surface area contributed by atoms with E-state index < -0.39 is 18.0 Å². The number of carbonyl (C=O) groups excluding carboxylic acids is 1. The van der Waals surface area contributed by atoms with Gasteiger partial charge in [0.05, 0.1) is 0 Å². The van der Waals surface area contributed by atoms with E-state index in [4.69, 9.17) is 4.74 Å². The molecular formula is C15H20F3N3O2. The van der Waals surface area contributed by atoms with Crippen LogP contribution >= 0.6 is 0 Å². The summed E-state index contributed by atoms with van der Waals surface area (Å²) in [6.45, 7) is 3.47. The number of carbonyl (C=O) groups is 1. The summed E-state index contributed by atoms with van der Waals surface area (Å²) in [6.07, 6.45) is -1.67. The van der Waals surface area contributed by atoms with E-state index in [1.165, 1.54) is 0 Å². The lowest BCUT2D eigenvalue weighted by molar-refractivity contribution is -0.141. The van der Waals surface area contributed by atoms with Gasteiger partial charge in [-0.1, -0.05) is 6.92 Å². The van der Waals surface area contributed by atoms with Crippen LogP contribution in [0.4, 0.5) is 13.2 Å². The summed E-state index contributed by atoms with van der Waals surface area (Å²) < 4.78 is 45.0. The fourth-order valence-corrected chi connectivity index (χ4v) is 3.19. The average molecular weight is 331 g/mol. The Bertz CT molecular complexity index is 585. The summed E-state index contributed by atoms with van der Waals surface area (Å²) in [6, 6.07) is 0.